The molecule has 0 bridgehead atoms. The molecule has 1 aliphatic carbocycles. The van der Waals surface area contributed by atoms with E-state index in [0.29, 0.717) is 12.0 Å². The van der Waals surface area contributed by atoms with Crippen molar-refractivity contribution in [3.63, 3.8) is 0 Å². The first-order chi connectivity index (χ1) is 9.68. The third kappa shape index (κ3) is 2.01. The summed E-state index contributed by atoms with van der Waals surface area (Å²) in [5.74, 6) is -2.30. The van der Waals surface area contributed by atoms with Gasteiger partial charge < -0.3 is 5.11 Å². The highest BCUT2D eigenvalue weighted by Crippen LogP contribution is 2.37. The van der Waals surface area contributed by atoms with Crippen LogP contribution in [0.4, 0.5) is 0 Å². The zero-order valence-electron chi connectivity index (χ0n) is 10.8. The Morgan fingerprint density at radius 2 is 1.65 bits per heavy atom. The first kappa shape index (κ1) is 12.6. The molecule has 0 aromatic heterocycles. The van der Waals surface area contributed by atoms with Gasteiger partial charge in [0.25, 0.3) is 0 Å². The van der Waals surface area contributed by atoms with Crippen LogP contribution in [0.2, 0.25) is 0 Å². The van der Waals surface area contributed by atoms with Crippen LogP contribution >= 0.6 is 0 Å². The van der Waals surface area contributed by atoms with Gasteiger partial charge in [-0.3, -0.25) is 9.59 Å². The molecule has 1 N–H and O–H groups in total. The van der Waals surface area contributed by atoms with Crippen molar-refractivity contribution in [2.45, 2.75) is 12.3 Å². The fraction of sp³-hybridized carbons (Fsp3) is 0.176. The van der Waals surface area contributed by atoms with Crippen molar-refractivity contribution < 1.29 is 14.7 Å². The van der Waals surface area contributed by atoms with Crippen molar-refractivity contribution in [1.82, 2.24) is 0 Å². The van der Waals surface area contributed by atoms with Gasteiger partial charge in [-0.15, -0.1) is 0 Å². The van der Waals surface area contributed by atoms with Crippen molar-refractivity contribution in [2.75, 3.05) is 0 Å². The quantitative estimate of drug-likeness (QED) is 0.909. The molecule has 3 nitrogen and oxygen atoms in total. The predicted molar refractivity (Wildman–Crippen MR) is 74.8 cm³/mol. The Kier molecular flexibility index (Phi) is 3.11. The number of carbonyl (C=O) groups is 2. The maximum Gasteiger partial charge on any atom is 0.307 e. The first-order valence-electron chi connectivity index (χ1n) is 6.58. The molecule has 2 aromatic rings. The van der Waals surface area contributed by atoms with Crippen molar-refractivity contribution in [3.8, 4) is 0 Å². The number of Topliss-reactive ketones (excluding diaryl/α,β-unsaturated/α-hetero) is 1. The summed E-state index contributed by atoms with van der Waals surface area (Å²) in [4.78, 5) is 24.2. The van der Waals surface area contributed by atoms with Gasteiger partial charge in [-0.05, 0) is 17.5 Å². The molecule has 1 aliphatic rings. The number of hydrogen-bond acceptors (Lipinski definition) is 2. The number of benzene rings is 2. The van der Waals surface area contributed by atoms with Gasteiger partial charge in [-0.1, -0.05) is 54.6 Å². The Hall–Kier alpha value is -2.42. The summed E-state index contributed by atoms with van der Waals surface area (Å²) < 4.78 is 0. The van der Waals surface area contributed by atoms with Gasteiger partial charge in [0, 0.05) is 5.56 Å². The van der Waals surface area contributed by atoms with E-state index in [9.17, 15) is 14.7 Å². The van der Waals surface area contributed by atoms with Crippen LogP contribution in [0.3, 0.4) is 0 Å². The van der Waals surface area contributed by atoms with E-state index in [4.69, 9.17) is 0 Å². The minimum atomic E-state index is -0.915. The normalized spacial score (nSPS) is 21.3. The highest BCUT2D eigenvalue weighted by Gasteiger charge is 2.40. The average molecular weight is 266 g/mol. The van der Waals surface area contributed by atoms with E-state index in [2.05, 4.69) is 0 Å². The van der Waals surface area contributed by atoms with Crippen LogP contribution in [-0.4, -0.2) is 16.9 Å². The fourth-order valence-electron chi connectivity index (χ4n) is 2.92. The van der Waals surface area contributed by atoms with Crippen LogP contribution in [0.25, 0.3) is 0 Å². The van der Waals surface area contributed by atoms with E-state index in [1.54, 1.807) is 6.07 Å². The standard InChI is InChI=1S/C17H14O3/c18-16-13-9-5-4-8-12(13)10-14(17(19)20)15(16)11-6-2-1-3-7-11/h1-9,14-15H,10H2,(H,19,20). The van der Waals surface area contributed by atoms with E-state index in [-0.39, 0.29) is 5.78 Å². The van der Waals surface area contributed by atoms with Gasteiger partial charge in [-0.2, -0.15) is 0 Å². The monoisotopic (exact) mass is 266 g/mol. The molecule has 0 spiro atoms. The average Bonchev–Trinajstić information content (AvgIpc) is 2.48. The molecule has 0 saturated heterocycles. The molecule has 100 valence electrons. The lowest BCUT2D eigenvalue weighted by molar-refractivity contribution is -0.142. The van der Waals surface area contributed by atoms with E-state index >= 15 is 0 Å². The van der Waals surface area contributed by atoms with Crippen molar-refractivity contribution in [2.24, 2.45) is 5.92 Å². The number of aliphatic carboxylic acids is 1. The van der Waals surface area contributed by atoms with Gasteiger partial charge in [0.2, 0.25) is 0 Å². The number of ketones is 1. The molecule has 3 rings (SSSR count). The molecule has 0 saturated carbocycles. The molecule has 20 heavy (non-hydrogen) atoms. The molecule has 3 heteroatoms. The van der Waals surface area contributed by atoms with Gasteiger partial charge in [0.15, 0.2) is 5.78 Å². The zero-order valence-corrected chi connectivity index (χ0v) is 10.8. The number of carboxylic acids is 1. The van der Waals surface area contributed by atoms with Crippen molar-refractivity contribution in [1.29, 1.82) is 0 Å². The minimum Gasteiger partial charge on any atom is -0.481 e. The fourth-order valence-corrected chi connectivity index (χ4v) is 2.92. The van der Waals surface area contributed by atoms with Crippen LogP contribution in [0.15, 0.2) is 54.6 Å². The predicted octanol–water partition coefficient (Wildman–Crippen LogP) is 2.91. The number of fused-ring (bicyclic) bond motifs is 1. The summed E-state index contributed by atoms with van der Waals surface area (Å²) in [6.45, 7) is 0. The number of carboxylic acid groups (broad SMARTS) is 1. The summed E-state index contributed by atoms with van der Waals surface area (Å²) in [5.41, 5.74) is 2.26. The second-order valence-corrected chi connectivity index (χ2v) is 5.06. The van der Waals surface area contributed by atoms with E-state index in [0.717, 1.165) is 11.1 Å². The van der Waals surface area contributed by atoms with E-state index in [1.807, 2.05) is 48.5 Å². The summed E-state index contributed by atoms with van der Waals surface area (Å²) in [5, 5.41) is 9.46. The largest absolute Gasteiger partial charge is 0.481 e. The second kappa shape index (κ2) is 4.93. The number of hydrogen-bond donors (Lipinski definition) is 1. The summed E-state index contributed by atoms with van der Waals surface area (Å²) in [6, 6.07) is 16.5. The molecule has 0 aliphatic heterocycles. The molecule has 0 radical (unpaired) electrons. The maximum absolute atomic E-state index is 12.7. The number of rotatable bonds is 2. The van der Waals surface area contributed by atoms with Crippen LogP contribution in [0, 0.1) is 5.92 Å². The lowest BCUT2D eigenvalue weighted by Crippen LogP contribution is -2.34. The van der Waals surface area contributed by atoms with Crippen molar-refractivity contribution >= 4 is 11.8 Å². The summed E-state index contributed by atoms with van der Waals surface area (Å²) >= 11 is 0. The molecular formula is C17H14O3. The van der Waals surface area contributed by atoms with Gasteiger partial charge >= 0.3 is 5.97 Å². The third-order valence-corrected chi connectivity index (χ3v) is 3.88. The second-order valence-electron chi connectivity index (χ2n) is 5.06. The van der Waals surface area contributed by atoms with Crippen LogP contribution in [-0.2, 0) is 11.2 Å². The molecule has 0 heterocycles. The Morgan fingerprint density at radius 1 is 1.00 bits per heavy atom. The van der Waals surface area contributed by atoms with E-state index < -0.39 is 17.8 Å². The Bertz CT molecular complexity index is 661. The maximum atomic E-state index is 12.7. The third-order valence-electron chi connectivity index (χ3n) is 3.88. The molecule has 0 fully saturated rings. The van der Waals surface area contributed by atoms with Crippen LogP contribution in [0.1, 0.15) is 27.4 Å². The lowest BCUT2D eigenvalue weighted by atomic mass is 9.72. The Labute approximate surface area is 116 Å². The highest BCUT2D eigenvalue weighted by atomic mass is 16.4. The van der Waals surface area contributed by atoms with E-state index in [1.165, 1.54) is 0 Å². The molecular weight excluding hydrogens is 252 g/mol. The Morgan fingerprint density at radius 3 is 2.35 bits per heavy atom. The minimum absolute atomic E-state index is 0.0922. The molecule has 0 amide bonds. The van der Waals surface area contributed by atoms with Gasteiger partial charge in [0.05, 0.1) is 11.8 Å². The smallest absolute Gasteiger partial charge is 0.307 e. The Balaban J connectivity index is 2.12. The SMILES string of the molecule is O=C(O)C1Cc2ccccc2C(=O)C1c1ccccc1. The van der Waals surface area contributed by atoms with Gasteiger partial charge in [0.1, 0.15) is 0 Å². The molecule has 2 aromatic carbocycles. The topological polar surface area (TPSA) is 54.4 Å². The van der Waals surface area contributed by atoms with Crippen LogP contribution < -0.4 is 0 Å². The van der Waals surface area contributed by atoms with Crippen LogP contribution in [0.5, 0.6) is 0 Å². The highest BCUT2D eigenvalue weighted by molar-refractivity contribution is 6.05. The lowest BCUT2D eigenvalue weighted by Gasteiger charge is -2.29. The summed E-state index contributed by atoms with van der Waals surface area (Å²) in [6.07, 6.45) is 0.400. The molecule has 2 unspecified atom stereocenters. The molecule has 2 atom stereocenters. The van der Waals surface area contributed by atoms with Gasteiger partial charge in [-0.25, -0.2) is 0 Å². The first-order valence-corrected chi connectivity index (χ1v) is 6.58. The summed E-state index contributed by atoms with van der Waals surface area (Å²) in [7, 11) is 0. The number of carbonyl (C=O) groups excluding carboxylic acids is 1. The zero-order chi connectivity index (χ0) is 14.1. The van der Waals surface area contributed by atoms with Crippen molar-refractivity contribution in [3.05, 3.63) is 71.3 Å².